The van der Waals surface area contributed by atoms with Gasteiger partial charge in [0.1, 0.15) is 0 Å². The number of amides is 1. The zero-order chi connectivity index (χ0) is 20.3. The summed E-state index contributed by atoms with van der Waals surface area (Å²) in [5.74, 6) is -0.932. The molecule has 6 nitrogen and oxygen atoms in total. The maximum Gasteiger partial charge on any atom is 0.331 e. The molecule has 1 aromatic carbocycles. The molecule has 0 aliphatic rings. The summed E-state index contributed by atoms with van der Waals surface area (Å²) in [5.41, 5.74) is 6.49. The highest BCUT2D eigenvalue weighted by atomic mass is 16.5. The number of ether oxygens (including phenoxy) is 1. The Balaban J connectivity index is 2.02. The van der Waals surface area contributed by atoms with Crippen LogP contribution in [0.1, 0.15) is 40.6 Å². The fraction of sp³-hybridized carbons (Fsp3) is 0.381. The van der Waals surface area contributed by atoms with Crippen LogP contribution in [0.4, 0.5) is 5.69 Å². The first kappa shape index (κ1) is 20.4. The van der Waals surface area contributed by atoms with Crippen molar-refractivity contribution in [3.05, 3.63) is 51.9 Å². The third-order valence-corrected chi connectivity index (χ3v) is 4.54. The van der Waals surface area contributed by atoms with Crippen LogP contribution in [0.15, 0.2) is 18.2 Å². The van der Waals surface area contributed by atoms with Crippen LogP contribution in [-0.4, -0.2) is 27.8 Å². The van der Waals surface area contributed by atoms with E-state index in [1.54, 1.807) is 17.7 Å². The molecule has 0 aliphatic heterocycles. The topological polar surface area (TPSA) is 73.2 Å². The van der Waals surface area contributed by atoms with Crippen LogP contribution in [0, 0.1) is 34.6 Å². The molecular formula is C21H27N3O3. The first-order chi connectivity index (χ1) is 12.6. The normalized spacial score (nSPS) is 12.3. The molecule has 0 spiro atoms. The van der Waals surface area contributed by atoms with Gasteiger partial charge in [0.25, 0.3) is 5.91 Å². The highest BCUT2D eigenvalue weighted by Crippen LogP contribution is 2.22. The minimum absolute atomic E-state index is 0.361. The maximum atomic E-state index is 12.4. The van der Waals surface area contributed by atoms with Gasteiger partial charge in [0.05, 0.1) is 5.69 Å². The first-order valence-corrected chi connectivity index (χ1v) is 8.87. The lowest BCUT2D eigenvalue weighted by Crippen LogP contribution is -2.30. The van der Waals surface area contributed by atoms with E-state index in [-0.39, 0.29) is 5.91 Å². The number of benzene rings is 1. The van der Waals surface area contributed by atoms with Gasteiger partial charge in [0, 0.05) is 30.1 Å². The van der Waals surface area contributed by atoms with E-state index in [1.165, 1.54) is 6.08 Å². The van der Waals surface area contributed by atoms with Crippen LogP contribution in [0.2, 0.25) is 0 Å². The number of hydrogen-bond acceptors (Lipinski definition) is 4. The molecule has 0 aliphatic carbocycles. The molecule has 144 valence electrons. The Morgan fingerprint density at radius 3 is 2.26 bits per heavy atom. The third-order valence-electron chi connectivity index (χ3n) is 4.54. The van der Waals surface area contributed by atoms with Crippen LogP contribution in [0.3, 0.4) is 0 Å². The average molecular weight is 369 g/mol. The van der Waals surface area contributed by atoms with Crippen molar-refractivity contribution < 1.29 is 14.3 Å². The standard InChI is InChI=1S/C21H27N3O3/c1-12-10-13(2)20(14(3)11-12)22-21(26)17(6)27-19(25)9-8-18-15(4)23-24(7)16(18)5/h8-11,17H,1-7H3,(H,22,26)/b9-8+/t17-/m0/s1. The van der Waals surface area contributed by atoms with Gasteiger partial charge in [-0.2, -0.15) is 5.10 Å². The Kier molecular flexibility index (Phi) is 6.20. The number of carbonyl (C=O) groups is 2. The molecule has 6 heteroatoms. The average Bonchev–Trinajstić information content (AvgIpc) is 2.81. The number of carbonyl (C=O) groups excluding carboxylic acids is 2. The monoisotopic (exact) mass is 369 g/mol. The van der Waals surface area contributed by atoms with Crippen molar-refractivity contribution in [3.8, 4) is 0 Å². The predicted molar refractivity (Wildman–Crippen MR) is 107 cm³/mol. The van der Waals surface area contributed by atoms with Crippen LogP contribution < -0.4 is 5.32 Å². The fourth-order valence-electron chi connectivity index (χ4n) is 3.05. The summed E-state index contributed by atoms with van der Waals surface area (Å²) in [6.45, 7) is 11.2. The van der Waals surface area contributed by atoms with E-state index in [1.807, 2.05) is 53.8 Å². The SMILES string of the molecule is Cc1cc(C)c(NC(=O)[C@H](C)OC(=O)/C=C/c2c(C)nn(C)c2C)c(C)c1. The molecule has 0 unspecified atom stereocenters. The number of aryl methyl sites for hydroxylation is 5. The van der Waals surface area contributed by atoms with Crippen LogP contribution in [0.5, 0.6) is 0 Å². The van der Waals surface area contributed by atoms with Gasteiger partial charge in [-0.05, 0) is 58.7 Å². The second kappa shape index (κ2) is 8.20. The quantitative estimate of drug-likeness (QED) is 0.646. The highest BCUT2D eigenvalue weighted by Gasteiger charge is 2.18. The van der Waals surface area contributed by atoms with Crippen molar-refractivity contribution in [2.45, 2.75) is 47.6 Å². The van der Waals surface area contributed by atoms with Crippen molar-refractivity contribution in [3.63, 3.8) is 0 Å². The molecule has 1 atom stereocenters. The van der Waals surface area contributed by atoms with E-state index in [9.17, 15) is 9.59 Å². The molecule has 0 saturated heterocycles. The number of rotatable bonds is 5. The van der Waals surface area contributed by atoms with Crippen molar-refractivity contribution in [2.75, 3.05) is 5.32 Å². The lowest BCUT2D eigenvalue weighted by Gasteiger charge is -2.16. The summed E-state index contributed by atoms with van der Waals surface area (Å²) < 4.78 is 6.98. The number of nitrogens with zero attached hydrogens (tertiary/aromatic N) is 2. The smallest absolute Gasteiger partial charge is 0.331 e. The molecule has 1 aromatic heterocycles. The van der Waals surface area contributed by atoms with Gasteiger partial charge in [-0.25, -0.2) is 4.79 Å². The Morgan fingerprint density at radius 1 is 1.15 bits per heavy atom. The summed E-state index contributed by atoms with van der Waals surface area (Å²) in [6.07, 6.45) is 2.08. The van der Waals surface area contributed by atoms with Crippen molar-refractivity contribution in [2.24, 2.45) is 7.05 Å². The van der Waals surface area contributed by atoms with Gasteiger partial charge in [-0.15, -0.1) is 0 Å². The molecule has 1 amide bonds. The highest BCUT2D eigenvalue weighted by molar-refractivity contribution is 5.97. The van der Waals surface area contributed by atoms with E-state index >= 15 is 0 Å². The molecule has 0 fully saturated rings. The first-order valence-electron chi connectivity index (χ1n) is 8.87. The third kappa shape index (κ3) is 4.84. The van der Waals surface area contributed by atoms with Crippen molar-refractivity contribution >= 4 is 23.6 Å². The molecule has 0 bridgehead atoms. The zero-order valence-corrected chi connectivity index (χ0v) is 17.0. The lowest BCUT2D eigenvalue weighted by molar-refractivity contribution is -0.148. The summed E-state index contributed by atoms with van der Waals surface area (Å²) >= 11 is 0. The summed E-state index contributed by atoms with van der Waals surface area (Å²) in [6, 6.07) is 4.00. The largest absolute Gasteiger partial charge is 0.449 e. The second-order valence-corrected chi connectivity index (χ2v) is 6.88. The number of aromatic nitrogens is 2. The summed E-state index contributed by atoms with van der Waals surface area (Å²) in [4.78, 5) is 24.5. The number of nitrogens with one attached hydrogen (secondary N) is 1. The number of anilines is 1. The fourth-order valence-corrected chi connectivity index (χ4v) is 3.05. The number of esters is 1. The molecule has 0 saturated carbocycles. The maximum absolute atomic E-state index is 12.4. The van der Waals surface area contributed by atoms with E-state index in [0.29, 0.717) is 0 Å². The van der Waals surface area contributed by atoms with Crippen LogP contribution >= 0.6 is 0 Å². The van der Waals surface area contributed by atoms with Gasteiger partial charge in [0.15, 0.2) is 6.10 Å². The Bertz CT molecular complexity index is 887. The van der Waals surface area contributed by atoms with Gasteiger partial charge in [-0.1, -0.05) is 17.7 Å². The molecule has 2 aromatic rings. The molecule has 1 heterocycles. The zero-order valence-electron chi connectivity index (χ0n) is 17.0. The molecule has 27 heavy (non-hydrogen) atoms. The minimum Gasteiger partial charge on any atom is -0.449 e. The minimum atomic E-state index is -0.904. The van der Waals surface area contributed by atoms with Crippen molar-refractivity contribution in [1.29, 1.82) is 0 Å². The molecular weight excluding hydrogens is 342 g/mol. The summed E-state index contributed by atoms with van der Waals surface area (Å²) in [5, 5.41) is 7.15. The van der Waals surface area contributed by atoms with E-state index in [2.05, 4.69) is 10.4 Å². The molecule has 1 N–H and O–H groups in total. The van der Waals surface area contributed by atoms with Gasteiger partial charge in [-0.3, -0.25) is 9.48 Å². The van der Waals surface area contributed by atoms with Gasteiger partial charge >= 0.3 is 5.97 Å². The van der Waals surface area contributed by atoms with E-state index in [0.717, 1.165) is 39.3 Å². The number of hydrogen-bond donors (Lipinski definition) is 1. The Labute approximate surface area is 160 Å². The van der Waals surface area contributed by atoms with E-state index < -0.39 is 12.1 Å². The van der Waals surface area contributed by atoms with E-state index in [4.69, 9.17) is 4.74 Å². The Morgan fingerprint density at radius 2 is 1.74 bits per heavy atom. The lowest BCUT2D eigenvalue weighted by atomic mass is 10.0. The van der Waals surface area contributed by atoms with Crippen LogP contribution in [-0.2, 0) is 21.4 Å². The molecule has 0 radical (unpaired) electrons. The molecule has 2 rings (SSSR count). The Hall–Kier alpha value is -2.89. The predicted octanol–water partition coefficient (Wildman–Crippen LogP) is 3.55. The van der Waals surface area contributed by atoms with Gasteiger partial charge in [0.2, 0.25) is 0 Å². The summed E-state index contributed by atoms with van der Waals surface area (Å²) in [7, 11) is 1.85. The van der Waals surface area contributed by atoms with Gasteiger partial charge < -0.3 is 10.1 Å². The van der Waals surface area contributed by atoms with Crippen LogP contribution in [0.25, 0.3) is 6.08 Å². The van der Waals surface area contributed by atoms with Crippen molar-refractivity contribution in [1.82, 2.24) is 9.78 Å². The second-order valence-electron chi connectivity index (χ2n) is 6.88.